The van der Waals surface area contributed by atoms with Crippen LogP contribution < -0.4 is 10.6 Å². The average Bonchev–Trinajstić information content (AvgIpc) is 3.16. The molecule has 2 saturated heterocycles. The number of amides is 1. The van der Waals surface area contributed by atoms with E-state index in [2.05, 4.69) is 20.5 Å². The molecule has 1 aromatic rings. The standard InChI is InChI=1S/C17H28N4O2/c1-12-13(2)23-16(20-12)11-21-8-4-5-14(10-21)9-19-17(22)15-6-3-7-18-15/h14-15,18H,3-11H2,1-2H3,(H,19,22). The number of likely N-dealkylation sites (tertiary alicyclic amines) is 1. The van der Waals surface area contributed by atoms with Crippen LogP contribution in [0.25, 0.3) is 0 Å². The van der Waals surface area contributed by atoms with Gasteiger partial charge in [-0.25, -0.2) is 4.98 Å². The molecule has 2 unspecified atom stereocenters. The van der Waals surface area contributed by atoms with Crippen molar-refractivity contribution in [2.75, 3.05) is 26.2 Å². The predicted octanol–water partition coefficient (Wildman–Crippen LogP) is 1.37. The molecule has 3 heterocycles. The molecule has 128 valence electrons. The molecule has 2 fully saturated rings. The lowest BCUT2D eigenvalue weighted by Gasteiger charge is -2.32. The molecule has 0 spiro atoms. The van der Waals surface area contributed by atoms with Crippen molar-refractivity contribution in [2.24, 2.45) is 5.92 Å². The summed E-state index contributed by atoms with van der Waals surface area (Å²) >= 11 is 0. The van der Waals surface area contributed by atoms with Crippen molar-refractivity contribution >= 4 is 5.91 Å². The van der Waals surface area contributed by atoms with Crippen LogP contribution in [0.15, 0.2) is 4.42 Å². The number of piperidine rings is 1. The largest absolute Gasteiger partial charge is 0.444 e. The fraction of sp³-hybridized carbons (Fsp3) is 0.765. The molecule has 2 N–H and O–H groups in total. The smallest absolute Gasteiger partial charge is 0.237 e. The Bertz CT molecular complexity index is 517. The summed E-state index contributed by atoms with van der Waals surface area (Å²) in [5.74, 6) is 2.40. The van der Waals surface area contributed by atoms with Crippen LogP contribution in [-0.4, -0.2) is 48.0 Å². The van der Waals surface area contributed by atoms with Gasteiger partial charge < -0.3 is 15.1 Å². The van der Waals surface area contributed by atoms with Crippen LogP contribution in [-0.2, 0) is 11.3 Å². The molecular formula is C17H28N4O2. The Morgan fingerprint density at radius 3 is 2.96 bits per heavy atom. The Balaban J connectivity index is 1.45. The highest BCUT2D eigenvalue weighted by Gasteiger charge is 2.25. The molecule has 23 heavy (non-hydrogen) atoms. The number of rotatable bonds is 5. The van der Waals surface area contributed by atoms with E-state index in [4.69, 9.17) is 4.42 Å². The second kappa shape index (κ2) is 7.45. The Labute approximate surface area is 138 Å². The van der Waals surface area contributed by atoms with Crippen LogP contribution in [0.3, 0.4) is 0 Å². The van der Waals surface area contributed by atoms with Crippen LogP contribution in [0.5, 0.6) is 0 Å². The molecule has 1 aromatic heterocycles. The van der Waals surface area contributed by atoms with E-state index >= 15 is 0 Å². The lowest BCUT2D eigenvalue weighted by Crippen LogP contribution is -2.45. The number of nitrogens with one attached hydrogen (secondary N) is 2. The first kappa shape index (κ1) is 16.5. The van der Waals surface area contributed by atoms with Crippen molar-refractivity contribution in [3.05, 3.63) is 17.3 Å². The molecule has 0 aliphatic carbocycles. The van der Waals surface area contributed by atoms with E-state index in [1.165, 1.54) is 12.8 Å². The fourth-order valence-corrected chi connectivity index (χ4v) is 3.54. The van der Waals surface area contributed by atoms with E-state index < -0.39 is 0 Å². The van der Waals surface area contributed by atoms with Gasteiger partial charge in [0.15, 0.2) is 0 Å². The van der Waals surface area contributed by atoms with Gasteiger partial charge in [0, 0.05) is 13.1 Å². The van der Waals surface area contributed by atoms with Gasteiger partial charge in [-0.2, -0.15) is 0 Å². The highest BCUT2D eigenvalue weighted by Crippen LogP contribution is 2.19. The second-order valence-corrected chi connectivity index (χ2v) is 6.89. The van der Waals surface area contributed by atoms with Gasteiger partial charge in [0.05, 0.1) is 18.3 Å². The number of hydrogen-bond acceptors (Lipinski definition) is 5. The lowest BCUT2D eigenvalue weighted by atomic mass is 9.98. The maximum atomic E-state index is 12.1. The quantitative estimate of drug-likeness (QED) is 0.857. The van der Waals surface area contributed by atoms with Crippen molar-refractivity contribution in [3.8, 4) is 0 Å². The third kappa shape index (κ3) is 4.32. The zero-order chi connectivity index (χ0) is 16.2. The van der Waals surface area contributed by atoms with Crippen molar-refractivity contribution < 1.29 is 9.21 Å². The molecular weight excluding hydrogens is 292 g/mol. The zero-order valence-corrected chi connectivity index (χ0v) is 14.2. The van der Waals surface area contributed by atoms with E-state index in [-0.39, 0.29) is 11.9 Å². The minimum absolute atomic E-state index is 0.0213. The van der Waals surface area contributed by atoms with E-state index in [0.717, 1.165) is 62.9 Å². The van der Waals surface area contributed by atoms with Gasteiger partial charge in [0.25, 0.3) is 0 Å². The summed E-state index contributed by atoms with van der Waals surface area (Å²) < 4.78 is 5.69. The number of oxazole rings is 1. The molecule has 0 saturated carbocycles. The molecule has 0 bridgehead atoms. The minimum atomic E-state index is 0.0213. The normalized spacial score (nSPS) is 25.7. The third-order valence-corrected chi connectivity index (χ3v) is 4.98. The van der Waals surface area contributed by atoms with E-state index in [1.807, 2.05) is 13.8 Å². The van der Waals surface area contributed by atoms with Gasteiger partial charge in [-0.3, -0.25) is 9.69 Å². The fourth-order valence-electron chi connectivity index (χ4n) is 3.54. The van der Waals surface area contributed by atoms with Crippen LogP contribution in [0.4, 0.5) is 0 Å². The number of hydrogen-bond donors (Lipinski definition) is 2. The highest BCUT2D eigenvalue weighted by atomic mass is 16.4. The SMILES string of the molecule is Cc1nc(CN2CCCC(CNC(=O)C3CCCN3)C2)oc1C. The van der Waals surface area contributed by atoms with Crippen LogP contribution >= 0.6 is 0 Å². The Morgan fingerprint density at radius 2 is 2.26 bits per heavy atom. The molecule has 0 aromatic carbocycles. The maximum absolute atomic E-state index is 12.1. The van der Waals surface area contributed by atoms with Crippen LogP contribution in [0, 0.1) is 19.8 Å². The summed E-state index contributed by atoms with van der Waals surface area (Å²) in [7, 11) is 0. The van der Waals surface area contributed by atoms with Crippen molar-refractivity contribution in [1.82, 2.24) is 20.5 Å². The molecule has 1 amide bonds. The molecule has 2 atom stereocenters. The zero-order valence-electron chi connectivity index (χ0n) is 14.2. The number of carbonyl (C=O) groups excluding carboxylic acids is 1. The number of aryl methyl sites for hydroxylation is 2. The van der Waals surface area contributed by atoms with Crippen LogP contribution in [0.1, 0.15) is 43.0 Å². The number of aromatic nitrogens is 1. The third-order valence-electron chi connectivity index (χ3n) is 4.98. The molecule has 2 aliphatic rings. The summed E-state index contributed by atoms with van der Waals surface area (Å²) in [4.78, 5) is 18.9. The topological polar surface area (TPSA) is 70.4 Å². The minimum Gasteiger partial charge on any atom is -0.444 e. The van der Waals surface area contributed by atoms with E-state index in [1.54, 1.807) is 0 Å². The summed E-state index contributed by atoms with van der Waals surface area (Å²) in [5.41, 5.74) is 0.977. The van der Waals surface area contributed by atoms with Gasteiger partial charge in [0.1, 0.15) is 5.76 Å². The molecule has 6 heteroatoms. The number of nitrogens with zero attached hydrogens (tertiary/aromatic N) is 2. The van der Waals surface area contributed by atoms with Gasteiger partial charge >= 0.3 is 0 Å². The Kier molecular flexibility index (Phi) is 5.33. The van der Waals surface area contributed by atoms with Crippen molar-refractivity contribution in [1.29, 1.82) is 0 Å². The monoisotopic (exact) mass is 320 g/mol. The Morgan fingerprint density at radius 1 is 1.39 bits per heavy atom. The number of carbonyl (C=O) groups is 1. The lowest BCUT2D eigenvalue weighted by molar-refractivity contribution is -0.123. The highest BCUT2D eigenvalue weighted by molar-refractivity contribution is 5.81. The van der Waals surface area contributed by atoms with Crippen molar-refractivity contribution in [2.45, 2.75) is 52.1 Å². The van der Waals surface area contributed by atoms with Gasteiger partial charge in [0.2, 0.25) is 11.8 Å². The summed E-state index contributed by atoms with van der Waals surface area (Å²) in [6.07, 6.45) is 4.41. The molecule has 0 radical (unpaired) electrons. The molecule has 2 aliphatic heterocycles. The molecule has 3 rings (SSSR count). The second-order valence-electron chi connectivity index (χ2n) is 6.89. The summed E-state index contributed by atoms with van der Waals surface area (Å²) in [6, 6.07) is 0.0213. The maximum Gasteiger partial charge on any atom is 0.237 e. The van der Waals surface area contributed by atoms with Crippen LogP contribution in [0.2, 0.25) is 0 Å². The predicted molar refractivity (Wildman–Crippen MR) is 88.0 cm³/mol. The first-order valence-electron chi connectivity index (χ1n) is 8.78. The first-order valence-corrected chi connectivity index (χ1v) is 8.78. The first-order chi connectivity index (χ1) is 11.1. The van der Waals surface area contributed by atoms with Gasteiger partial charge in [-0.15, -0.1) is 0 Å². The summed E-state index contributed by atoms with van der Waals surface area (Å²) in [6.45, 7) is 8.52. The van der Waals surface area contributed by atoms with E-state index in [9.17, 15) is 4.79 Å². The Hall–Kier alpha value is -1.40. The van der Waals surface area contributed by atoms with E-state index in [0.29, 0.717) is 5.92 Å². The van der Waals surface area contributed by atoms with Crippen molar-refractivity contribution in [3.63, 3.8) is 0 Å². The summed E-state index contributed by atoms with van der Waals surface area (Å²) in [5, 5.41) is 6.37. The average molecular weight is 320 g/mol. The van der Waals surface area contributed by atoms with Gasteiger partial charge in [-0.1, -0.05) is 0 Å². The molecule has 6 nitrogen and oxygen atoms in total. The van der Waals surface area contributed by atoms with Gasteiger partial charge in [-0.05, 0) is 58.5 Å².